The minimum atomic E-state index is -0.104. The van der Waals surface area contributed by atoms with Crippen LogP contribution in [0.4, 0.5) is 0 Å². The van der Waals surface area contributed by atoms with Crippen LogP contribution in [-0.4, -0.2) is 57.4 Å². The van der Waals surface area contributed by atoms with Crippen LogP contribution in [0.15, 0.2) is 0 Å². The van der Waals surface area contributed by atoms with Gasteiger partial charge in [0, 0.05) is 13.0 Å². The van der Waals surface area contributed by atoms with Gasteiger partial charge < -0.3 is 26.4 Å². The van der Waals surface area contributed by atoms with E-state index in [9.17, 15) is 4.79 Å². The molecule has 0 spiro atoms. The van der Waals surface area contributed by atoms with Crippen molar-refractivity contribution in [1.82, 2.24) is 16.0 Å². The van der Waals surface area contributed by atoms with Gasteiger partial charge in [0.15, 0.2) is 0 Å². The largest absolute Gasteiger partial charge is 0.463 e. The van der Waals surface area contributed by atoms with Gasteiger partial charge in [-0.15, -0.1) is 0 Å². The maximum Gasteiger partial charge on any atom is 0.302 e. The van der Waals surface area contributed by atoms with E-state index in [0.29, 0.717) is 22.8 Å². The smallest absolute Gasteiger partial charge is 0.302 e. The Bertz CT molecular complexity index is 929. The maximum atomic E-state index is 12.0. The Labute approximate surface area is 291 Å². The predicted octanol–water partition coefficient (Wildman–Crippen LogP) is 7.94. The standard InChI is InChI=1S/C41H78N4O2/c1-8-32(29(2)3)14-13-30(4)35-15-16-36-34-28-39(45-26-12-25-44-23-10-9-22-43-24-11-21-42)38-27-33(47-31(5)46)17-19-41(38,7)37(34)18-20-40(35,36)6/h29-30,32-39,43-45H,8-28,42H2,1-7H3/t30-,32?,33+,34+,35-,36+,37+,38-,39-,40-,41-/m1/s1. The topological polar surface area (TPSA) is 88.4 Å². The molecule has 1 unspecified atom stereocenters. The van der Waals surface area contributed by atoms with Crippen LogP contribution in [0.3, 0.4) is 0 Å². The van der Waals surface area contributed by atoms with Gasteiger partial charge in [-0.1, -0.05) is 54.4 Å². The molecule has 4 rings (SSSR count). The van der Waals surface area contributed by atoms with Crippen molar-refractivity contribution < 1.29 is 9.53 Å². The SMILES string of the molecule is CCC(CC[C@@H](C)[C@H]1CC[C@H]2[C@@H]3C[C@@H](NCCCNCCCCNCCCN)[C@H]4C[C@@H](OC(C)=O)CC[C@]4(C)[C@H]3CC[C@]12C)C(C)C. The van der Waals surface area contributed by atoms with Crippen LogP contribution >= 0.6 is 0 Å². The lowest BCUT2D eigenvalue weighted by Crippen LogP contribution is -2.61. The minimum Gasteiger partial charge on any atom is -0.463 e. The Morgan fingerprint density at radius 2 is 1.47 bits per heavy atom. The molecule has 47 heavy (non-hydrogen) atoms. The van der Waals surface area contributed by atoms with Crippen molar-refractivity contribution in [3.63, 3.8) is 0 Å². The van der Waals surface area contributed by atoms with Gasteiger partial charge in [0.25, 0.3) is 0 Å². The summed E-state index contributed by atoms with van der Waals surface area (Å²) in [6, 6.07) is 0.536. The number of hydrogen-bond donors (Lipinski definition) is 4. The quantitative estimate of drug-likeness (QED) is 0.0785. The first-order chi connectivity index (χ1) is 22.5. The monoisotopic (exact) mass is 659 g/mol. The average molecular weight is 659 g/mol. The third-order valence-corrected chi connectivity index (χ3v) is 14.7. The molecule has 0 bridgehead atoms. The Morgan fingerprint density at radius 3 is 2.13 bits per heavy atom. The average Bonchev–Trinajstić information content (AvgIpc) is 3.39. The third-order valence-electron chi connectivity index (χ3n) is 14.7. The van der Waals surface area contributed by atoms with Crippen LogP contribution in [-0.2, 0) is 9.53 Å². The molecule has 0 amide bonds. The summed E-state index contributed by atoms with van der Waals surface area (Å²) in [5, 5.41) is 11.3. The lowest BCUT2D eigenvalue weighted by molar-refractivity contribution is -0.164. The zero-order chi connectivity index (χ0) is 34.0. The molecule has 11 atom stereocenters. The Morgan fingerprint density at radius 1 is 0.809 bits per heavy atom. The lowest BCUT2D eigenvalue weighted by Gasteiger charge is -2.63. The molecule has 0 heterocycles. The third kappa shape index (κ3) is 9.76. The zero-order valence-electron chi connectivity index (χ0n) is 32.0. The van der Waals surface area contributed by atoms with Crippen molar-refractivity contribution in [2.24, 2.45) is 63.9 Å². The van der Waals surface area contributed by atoms with Crippen LogP contribution < -0.4 is 21.7 Å². The van der Waals surface area contributed by atoms with Crippen LogP contribution in [0.2, 0.25) is 0 Å². The van der Waals surface area contributed by atoms with Crippen molar-refractivity contribution in [2.75, 3.05) is 39.3 Å². The zero-order valence-corrected chi connectivity index (χ0v) is 32.0. The van der Waals surface area contributed by atoms with Crippen molar-refractivity contribution in [3.8, 4) is 0 Å². The normalized spacial score (nSPS) is 36.4. The van der Waals surface area contributed by atoms with Crippen molar-refractivity contribution in [1.29, 1.82) is 0 Å². The highest BCUT2D eigenvalue weighted by Crippen LogP contribution is 2.68. The highest BCUT2D eigenvalue weighted by atomic mass is 16.5. The number of esters is 1. The first-order valence-corrected chi connectivity index (χ1v) is 20.6. The molecule has 0 aromatic rings. The van der Waals surface area contributed by atoms with Crippen molar-refractivity contribution >= 4 is 5.97 Å². The maximum absolute atomic E-state index is 12.0. The molecular formula is C41H78N4O2. The van der Waals surface area contributed by atoms with E-state index in [1.54, 1.807) is 6.92 Å². The summed E-state index contributed by atoms with van der Waals surface area (Å²) in [4.78, 5) is 12.0. The van der Waals surface area contributed by atoms with Gasteiger partial charge in [-0.25, -0.2) is 0 Å². The second-order valence-corrected chi connectivity index (χ2v) is 17.7. The predicted molar refractivity (Wildman–Crippen MR) is 198 cm³/mol. The number of carbonyl (C=O) groups excluding carboxylic acids is 1. The summed E-state index contributed by atoms with van der Waals surface area (Å²) < 4.78 is 5.89. The van der Waals surface area contributed by atoms with Crippen LogP contribution in [0.25, 0.3) is 0 Å². The van der Waals surface area contributed by atoms with Crippen molar-refractivity contribution in [2.45, 2.75) is 157 Å². The van der Waals surface area contributed by atoms with Gasteiger partial charge in [-0.2, -0.15) is 0 Å². The number of nitrogens with one attached hydrogen (secondary N) is 3. The molecule has 0 aliphatic heterocycles. The molecule has 6 heteroatoms. The Hall–Kier alpha value is -0.690. The summed E-state index contributed by atoms with van der Waals surface area (Å²) in [5.41, 5.74) is 6.44. The molecule has 0 aromatic heterocycles. The van der Waals surface area contributed by atoms with Gasteiger partial charge in [0.05, 0.1) is 0 Å². The highest BCUT2D eigenvalue weighted by Gasteiger charge is 2.62. The van der Waals surface area contributed by atoms with E-state index in [1.807, 2.05) is 0 Å². The Kier molecular flexibility index (Phi) is 15.4. The van der Waals surface area contributed by atoms with Gasteiger partial charge in [0.1, 0.15) is 6.10 Å². The second-order valence-electron chi connectivity index (χ2n) is 17.7. The fraction of sp³-hybridized carbons (Fsp3) is 0.976. The molecule has 6 nitrogen and oxygen atoms in total. The number of rotatable bonds is 20. The molecule has 4 aliphatic carbocycles. The fourth-order valence-corrected chi connectivity index (χ4v) is 12.0. The number of unbranched alkanes of at least 4 members (excludes halogenated alkanes) is 1. The van der Waals surface area contributed by atoms with Gasteiger partial charge >= 0.3 is 5.97 Å². The molecule has 4 aliphatic rings. The lowest BCUT2D eigenvalue weighted by atomic mass is 9.43. The van der Waals surface area contributed by atoms with Crippen LogP contribution in [0.5, 0.6) is 0 Å². The van der Waals surface area contributed by atoms with E-state index < -0.39 is 0 Å². The molecule has 0 radical (unpaired) electrons. The summed E-state index contributed by atoms with van der Waals surface area (Å²) in [5.74, 6) is 6.46. The summed E-state index contributed by atoms with van der Waals surface area (Å²) in [6.45, 7) is 23.0. The summed E-state index contributed by atoms with van der Waals surface area (Å²) in [7, 11) is 0. The number of carbonyl (C=O) groups is 1. The molecular weight excluding hydrogens is 580 g/mol. The number of ether oxygens (including phenoxy) is 1. The van der Waals surface area contributed by atoms with E-state index in [0.717, 1.165) is 100.0 Å². The minimum absolute atomic E-state index is 0.0984. The summed E-state index contributed by atoms with van der Waals surface area (Å²) >= 11 is 0. The fourth-order valence-electron chi connectivity index (χ4n) is 12.0. The molecule has 274 valence electrons. The highest BCUT2D eigenvalue weighted by molar-refractivity contribution is 5.66. The van der Waals surface area contributed by atoms with E-state index in [4.69, 9.17) is 10.5 Å². The van der Waals surface area contributed by atoms with Crippen LogP contribution in [0.1, 0.15) is 145 Å². The second kappa shape index (κ2) is 18.5. The van der Waals surface area contributed by atoms with Crippen LogP contribution in [0, 0.1) is 58.2 Å². The Balaban J connectivity index is 1.36. The number of fused-ring (bicyclic) bond motifs is 5. The number of hydrogen-bond acceptors (Lipinski definition) is 6. The van der Waals surface area contributed by atoms with E-state index in [2.05, 4.69) is 57.5 Å². The van der Waals surface area contributed by atoms with E-state index in [-0.39, 0.29) is 12.1 Å². The van der Waals surface area contributed by atoms with Gasteiger partial charge in [-0.05, 0) is 181 Å². The van der Waals surface area contributed by atoms with E-state index >= 15 is 0 Å². The molecule has 4 saturated carbocycles. The first-order valence-electron chi connectivity index (χ1n) is 20.6. The van der Waals surface area contributed by atoms with Crippen molar-refractivity contribution in [3.05, 3.63) is 0 Å². The van der Waals surface area contributed by atoms with Gasteiger partial charge in [0.2, 0.25) is 0 Å². The molecule has 0 aromatic carbocycles. The summed E-state index contributed by atoms with van der Waals surface area (Å²) in [6.07, 6.45) is 19.3. The first kappa shape index (κ1) is 39.1. The van der Waals surface area contributed by atoms with Gasteiger partial charge in [-0.3, -0.25) is 4.79 Å². The van der Waals surface area contributed by atoms with E-state index in [1.165, 1.54) is 77.0 Å². The molecule has 5 N–H and O–H groups in total. The number of nitrogens with two attached hydrogens (primary N) is 1. The molecule has 0 saturated heterocycles. The molecule has 4 fully saturated rings.